The molecule has 7 heterocycles. The topological polar surface area (TPSA) is 99.3 Å². The van der Waals surface area contributed by atoms with Crippen LogP contribution in [-0.2, 0) is 9.47 Å². The summed E-state index contributed by atoms with van der Waals surface area (Å²) in [5.41, 5.74) is 4.66. The lowest BCUT2D eigenvalue weighted by Crippen LogP contribution is -2.65. The number of carbonyl (C=O) groups excluding carboxylic acids is 1. The molecule has 11 nitrogen and oxygen atoms in total. The lowest BCUT2D eigenvalue weighted by Gasteiger charge is -2.55. The van der Waals surface area contributed by atoms with Crippen molar-refractivity contribution in [2.24, 2.45) is 0 Å². The zero-order valence-corrected chi connectivity index (χ0v) is 31.1. The number of amides is 1. The molecule has 1 amide bonds. The summed E-state index contributed by atoms with van der Waals surface area (Å²) in [6.07, 6.45) is 7.49. The van der Waals surface area contributed by atoms with Gasteiger partial charge in [0.15, 0.2) is 5.82 Å². The van der Waals surface area contributed by atoms with E-state index in [1.54, 1.807) is 12.5 Å². The van der Waals surface area contributed by atoms with Crippen LogP contribution in [0, 0.1) is 12.7 Å². The maximum atomic E-state index is 17.5. The Balaban J connectivity index is 1.29. The first-order chi connectivity index (χ1) is 24.9. The van der Waals surface area contributed by atoms with Crippen LogP contribution in [0.3, 0.4) is 0 Å². The van der Waals surface area contributed by atoms with E-state index in [9.17, 15) is 4.79 Å². The lowest BCUT2D eigenvalue weighted by atomic mass is 9.91. The number of hydrogen-bond acceptors (Lipinski definition) is 9. The van der Waals surface area contributed by atoms with Crippen molar-refractivity contribution in [2.45, 2.75) is 83.7 Å². The zero-order valence-electron chi connectivity index (χ0n) is 30.3. The first-order valence-electron chi connectivity index (χ1n) is 18.1. The molecule has 9 rings (SSSR count). The van der Waals surface area contributed by atoms with E-state index in [1.807, 2.05) is 63.8 Å². The molecule has 5 aliphatic rings. The number of anilines is 2. The van der Waals surface area contributed by atoms with Crippen molar-refractivity contribution in [1.29, 1.82) is 0 Å². The van der Waals surface area contributed by atoms with Gasteiger partial charge in [0.25, 0.3) is 0 Å². The fraction of sp³-hybridized carbons (Fsp3) is 0.462. The molecule has 1 N–H and O–H groups in total. The number of allylic oxidation sites excluding steroid dienone is 1. The number of carbonyl (C=O) groups is 1. The van der Waals surface area contributed by atoms with Crippen molar-refractivity contribution in [1.82, 2.24) is 25.0 Å². The number of rotatable bonds is 2. The van der Waals surface area contributed by atoms with Gasteiger partial charge in [0, 0.05) is 46.9 Å². The number of likely N-dealkylation sites (tertiary alicyclic amines) is 1. The third-order valence-corrected chi connectivity index (χ3v) is 11.5. The molecule has 52 heavy (non-hydrogen) atoms. The molecule has 0 saturated carbocycles. The van der Waals surface area contributed by atoms with Gasteiger partial charge in [-0.05, 0) is 84.8 Å². The van der Waals surface area contributed by atoms with Gasteiger partial charge in [0.05, 0.1) is 53.5 Å². The molecule has 5 aliphatic heterocycles. The average molecular weight is 728 g/mol. The normalized spacial score (nSPS) is 25.8. The summed E-state index contributed by atoms with van der Waals surface area (Å²) >= 11 is 7.16. The van der Waals surface area contributed by atoms with Gasteiger partial charge in [-0.15, -0.1) is 0 Å². The monoisotopic (exact) mass is 727 g/mol. The summed E-state index contributed by atoms with van der Waals surface area (Å²) in [6.45, 7) is 11.9. The fourth-order valence-corrected chi connectivity index (χ4v) is 9.20. The minimum atomic E-state index is -0.653. The number of piperazine rings is 1. The second-order valence-corrected chi connectivity index (χ2v) is 16.2. The van der Waals surface area contributed by atoms with Gasteiger partial charge in [-0.2, -0.15) is 5.10 Å². The number of H-pyrrole nitrogens is 1. The van der Waals surface area contributed by atoms with E-state index in [-0.39, 0.29) is 46.4 Å². The highest BCUT2D eigenvalue weighted by molar-refractivity contribution is 6.35. The van der Waals surface area contributed by atoms with Gasteiger partial charge >= 0.3 is 6.09 Å². The largest absolute Gasteiger partial charge is 0.469 e. The van der Waals surface area contributed by atoms with Gasteiger partial charge < -0.3 is 28.9 Å². The molecular formula is C39H43ClFN7O4. The van der Waals surface area contributed by atoms with Crippen LogP contribution in [0.5, 0.6) is 5.88 Å². The Kier molecular flexibility index (Phi) is 7.68. The van der Waals surface area contributed by atoms with E-state index in [1.165, 1.54) is 0 Å². The Labute approximate surface area is 306 Å². The second kappa shape index (κ2) is 12.0. The summed E-state index contributed by atoms with van der Waals surface area (Å²) in [6, 6.07) is 5.32. The minimum absolute atomic E-state index is 0.151. The van der Waals surface area contributed by atoms with Gasteiger partial charge in [-0.1, -0.05) is 17.7 Å². The highest BCUT2D eigenvalue weighted by atomic mass is 35.5. The number of aromatic amines is 1. The number of halogens is 2. The van der Waals surface area contributed by atoms with Crippen molar-refractivity contribution in [3.63, 3.8) is 0 Å². The summed E-state index contributed by atoms with van der Waals surface area (Å²) in [5.74, 6) is 0.682. The Morgan fingerprint density at radius 3 is 2.69 bits per heavy atom. The van der Waals surface area contributed by atoms with Crippen molar-refractivity contribution < 1.29 is 23.4 Å². The number of pyridine rings is 1. The van der Waals surface area contributed by atoms with Crippen molar-refractivity contribution >= 4 is 50.9 Å². The number of nitrogens with zero attached hydrogens (tertiary/aromatic N) is 6. The van der Waals surface area contributed by atoms with E-state index in [2.05, 4.69) is 31.9 Å². The summed E-state index contributed by atoms with van der Waals surface area (Å²) in [5, 5.41) is 8.88. The quantitative estimate of drug-likeness (QED) is 0.225. The summed E-state index contributed by atoms with van der Waals surface area (Å²) < 4.78 is 36.5. The first-order valence-corrected chi connectivity index (χ1v) is 18.5. The molecule has 0 spiro atoms. The Hall–Kier alpha value is -4.55. The second-order valence-electron chi connectivity index (χ2n) is 15.8. The molecule has 4 atom stereocenters. The maximum Gasteiger partial charge on any atom is 0.410 e. The van der Waals surface area contributed by atoms with Gasteiger partial charge in [-0.25, -0.2) is 14.2 Å². The van der Waals surface area contributed by atoms with Crippen molar-refractivity contribution in [3.05, 3.63) is 64.6 Å². The maximum absolute atomic E-state index is 17.5. The number of aryl methyl sites for hydroxylation is 1. The van der Waals surface area contributed by atoms with Crippen LogP contribution >= 0.6 is 11.6 Å². The fourth-order valence-electron chi connectivity index (χ4n) is 8.91. The third-order valence-electron chi connectivity index (χ3n) is 11.2. The molecule has 2 aromatic heterocycles. The van der Waals surface area contributed by atoms with Gasteiger partial charge in [0.1, 0.15) is 28.7 Å². The van der Waals surface area contributed by atoms with Crippen LogP contribution in [0.2, 0.25) is 5.02 Å². The number of fused-ring (bicyclic) bond motifs is 5. The van der Waals surface area contributed by atoms with E-state index >= 15 is 4.39 Å². The Morgan fingerprint density at radius 2 is 1.96 bits per heavy atom. The predicted octanol–water partition coefficient (Wildman–Crippen LogP) is 7.51. The molecular weight excluding hydrogens is 685 g/mol. The molecule has 0 aliphatic carbocycles. The zero-order chi connectivity index (χ0) is 36.2. The molecule has 0 bridgehead atoms. The van der Waals surface area contributed by atoms with Crippen LogP contribution in [0.25, 0.3) is 32.9 Å². The molecule has 272 valence electrons. The minimum Gasteiger partial charge on any atom is -0.469 e. The smallest absolute Gasteiger partial charge is 0.410 e. The van der Waals surface area contributed by atoms with Gasteiger partial charge in [0.2, 0.25) is 5.88 Å². The standard InChI is InChI=1S/C39H43ClFN7O4/c1-20-11-12-25-23(16-42-44-25)30(20)31-24(40)15-22-33(32(31)41)43-37-36-34(22)47-17-21(2)46(38(49)52-39(3,4)5)18-27(47)35(28-10-8-14-50-28)48(36)19-29(51-37)26-9-7-13-45(26)6/h8,11-12,14-16,21,26-27,29H,7,9-10,13,17-19H2,1-6H3,(H,42,44)/t21-,26+,27-,29-/m1/s1. The number of aromatic nitrogens is 3. The van der Waals surface area contributed by atoms with E-state index in [0.717, 1.165) is 58.7 Å². The Morgan fingerprint density at radius 1 is 1.13 bits per heavy atom. The molecule has 0 radical (unpaired) electrons. The highest BCUT2D eigenvalue weighted by Crippen LogP contribution is 2.55. The van der Waals surface area contributed by atoms with E-state index in [0.29, 0.717) is 42.9 Å². The third kappa shape index (κ3) is 5.12. The molecule has 2 saturated heterocycles. The van der Waals surface area contributed by atoms with Crippen LogP contribution < -0.4 is 14.5 Å². The number of nitrogens with one attached hydrogen (secondary N) is 1. The summed E-state index contributed by atoms with van der Waals surface area (Å²) in [4.78, 5) is 27.5. The average Bonchev–Trinajstić information content (AvgIpc) is 3.88. The number of benzene rings is 2. The molecule has 2 fully saturated rings. The van der Waals surface area contributed by atoms with Crippen LogP contribution in [-0.4, -0.2) is 94.1 Å². The molecule has 0 unspecified atom stereocenters. The van der Waals surface area contributed by atoms with Gasteiger partial charge in [-0.3, -0.25) is 10.00 Å². The highest BCUT2D eigenvalue weighted by Gasteiger charge is 2.50. The van der Waals surface area contributed by atoms with E-state index < -0.39 is 11.4 Å². The lowest BCUT2D eigenvalue weighted by molar-refractivity contribution is 0.0130. The summed E-state index contributed by atoms with van der Waals surface area (Å²) in [7, 11) is 2.13. The molecule has 2 aromatic carbocycles. The first kappa shape index (κ1) is 33.3. The number of likely N-dealkylation sites (N-methyl/N-ethyl adjacent to an activating group) is 1. The van der Waals surface area contributed by atoms with Crippen LogP contribution in [0.1, 0.15) is 52.5 Å². The molecule has 4 aromatic rings. The number of ether oxygens (including phenoxy) is 3. The number of hydrogen-bond donors (Lipinski definition) is 1. The van der Waals surface area contributed by atoms with Crippen molar-refractivity contribution in [2.75, 3.05) is 43.0 Å². The van der Waals surface area contributed by atoms with Crippen LogP contribution in [0.4, 0.5) is 20.6 Å². The van der Waals surface area contributed by atoms with E-state index in [4.69, 9.17) is 30.8 Å². The van der Waals surface area contributed by atoms with Crippen LogP contribution in [0.15, 0.2) is 48.2 Å². The van der Waals surface area contributed by atoms with Crippen molar-refractivity contribution in [3.8, 4) is 17.0 Å². The predicted molar refractivity (Wildman–Crippen MR) is 199 cm³/mol. The Bertz CT molecular complexity index is 2200. The SMILES string of the molecule is Cc1ccc2[nH]ncc2c1-c1c(Cl)cc2c3c4c(nc2c1F)O[C@@H]([C@@H]1CCCN1C)CN4C(=C1CC=CO1)[C@H]1CN(C(=O)OC(C)(C)C)[C@H](C)CN31. The molecule has 13 heteroatoms.